The molecule has 0 radical (unpaired) electrons. The third kappa shape index (κ3) is 45.8. The van der Waals surface area contributed by atoms with Crippen molar-refractivity contribution in [2.45, 2.75) is 225 Å². The second-order valence-electron chi connectivity index (χ2n) is 15.8. The first-order valence-electron chi connectivity index (χ1n) is 24.1. The number of hydrogen-bond donors (Lipinski definition) is 1. The molecule has 0 aromatic heterocycles. The standard InChI is InChI=1S/C53H90O5/c1-3-5-7-9-10-11-12-13-14-15-16-17-18-19-20-21-22-23-24-25-26-27-28-29-30-31-32-33-34-35-36-37-38-39-40-41-42-44-46-48-53(56)58-51(49-54)50-57-52(55)47-45-43-8-6-4-2/h5,7,10-11,13-14,16-17,19-20,22-23,25-26,51,54H,3-4,6,8-9,12,15,18,21,24,27-50H2,1-2H3/b7-5-,11-10-,14-13-,17-16-,20-19-,23-22-,26-25-. The minimum absolute atomic E-state index is 0.0666. The number of rotatable bonds is 43. The summed E-state index contributed by atoms with van der Waals surface area (Å²) in [7, 11) is 0. The molecule has 0 saturated heterocycles. The van der Waals surface area contributed by atoms with Crippen molar-refractivity contribution in [3.8, 4) is 0 Å². The lowest BCUT2D eigenvalue weighted by Gasteiger charge is -2.15. The van der Waals surface area contributed by atoms with Crippen molar-refractivity contribution < 1.29 is 24.2 Å². The first-order valence-corrected chi connectivity index (χ1v) is 24.1. The Bertz CT molecular complexity index is 1090. The zero-order valence-corrected chi connectivity index (χ0v) is 37.8. The third-order valence-electron chi connectivity index (χ3n) is 10.2. The Morgan fingerprint density at radius 3 is 1.12 bits per heavy atom. The quantitative estimate of drug-likeness (QED) is 0.0377. The highest BCUT2D eigenvalue weighted by Gasteiger charge is 2.16. The number of aliphatic hydroxyl groups is 1. The Morgan fingerprint density at radius 1 is 0.414 bits per heavy atom. The van der Waals surface area contributed by atoms with E-state index >= 15 is 0 Å². The molecular weight excluding hydrogens is 717 g/mol. The van der Waals surface area contributed by atoms with E-state index in [4.69, 9.17) is 9.47 Å². The molecule has 332 valence electrons. The Hall–Kier alpha value is -2.92. The van der Waals surface area contributed by atoms with Crippen LogP contribution in [0.5, 0.6) is 0 Å². The molecule has 0 aliphatic rings. The lowest BCUT2D eigenvalue weighted by Crippen LogP contribution is -2.28. The van der Waals surface area contributed by atoms with Crippen LogP contribution in [0.4, 0.5) is 0 Å². The molecule has 0 rings (SSSR count). The van der Waals surface area contributed by atoms with Gasteiger partial charge in [0.05, 0.1) is 6.61 Å². The maximum atomic E-state index is 12.1. The van der Waals surface area contributed by atoms with Crippen molar-refractivity contribution in [1.29, 1.82) is 0 Å². The SMILES string of the molecule is CC/C=C\C/C=C\C/C=C\C/C=C\C/C=C\C/C=C\C/C=C\CCCCCCCCCCCCCCCCCCCC(=O)OC(CO)COC(=O)CCCCCCC. The number of ether oxygens (including phenoxy) is 2. The van der Waals surface area contributed by atoms with Gasteiger partial charge in [0.25, 0.3) is 0 Å². The van der Waals surface area contributed by atoms with E-state index in [1.54, 1.807) is 0 Å². The van der Waals surface area contributed by atoms with E-state index in [0.29, 0.717) is 12.8 Å². The number of aliphatic hydroxyl groups excluding tert-OH is 1. The number of esters is 2. The molecule has 1 atom stereocenters. The van der Waals surface area contributed by atoms with Crippen molar-refractivity contribution in [1.82, 2.24) is 0 Å². The number of allylic oxidation sites excluding steroid dienone is 14. The summed E-state index contributed by atoms with van der Waals surface area (Å²) in [5.74, 6) is -0.603. The minimum Gasteiger partial charge on any atom is -0.462 e. The summed E-state index contributed by atoms with van der Waals surface area (Å²) in [5, 5.41) is 9.49. The fourth-order valence-electron chi connectivity index (χ4n) is 6.59. The van der Waals surface area contributed by atoms with Crippen LogP contribution in [0.25, 0.3) is 0 Å². The summed E-state index contributed by atoms with van der Waals surface area (Å²) >= 11 is 0. The first kappa shape index (κ1) is 55.1. The maximum Gasteiger partial charge on any atom is 0.306 e. The van der Waals surface area contributed by atoms with Gasteiger partial charge in [-0.2, -0.15) is 0 Å². The number of hydrogen-bond acceptors (Lipinski definition) is 5. The van der Waals surface area contributed by atoms with Gasteiger partial charge in [-0.25, -0.2) is 0 Å². The molecule has 0 heterocycles. The predicted octanol–water partition coefficient (Wildman–Crippen LogP) is 15.9. The highest BCUT2D eigenvalue weighted by atomic mass is 16.6. The largest absolute Gasteiger partial charge is 0.462 e. The van der Waals surface area contributed by atoms with Gasteiger partial charge in [0.15, 0.2) is 6.10 Å². The smallest absolute Gasteiger partial charge is 0.306 e. The van der Waals surface area contributed by atoms with E-state index in [1.807, 2.05) is 0 Å². The predicted molar refractivity (Wildman–Crippen MR) is 251 cm³/mol. The molecule has 0 fully saturated rings. The molecule has 5 heteroatoms. The van der Waals surface area contributed by atoms with E-state index in [9.17, 15) is 14.7 Å². The van der Waals surface area contributed by atoms with Gasteiger partial charge in [0.1, 0.15) is 6.61 Å². The van der Waals surface area contributed by atoms with Gasteiger partial charge in [-0.3, -0.25) is 9.59 Å². The molecule has 1 unspecified atom stereocenters. The van der Waals surface area contributed by atoms with Crippen LogP contribution in [0.2, 0.25) is 0 Å². The number of unbranched alkanes of at least 4 members (excludes halogenated alkanes) is 21. The topological polar surface area (TPSA) is 72.8 Å². The lowest BCUT2D eigenvalue weighted by atomic mass is 10.0. The lowest BCUT2D eigenvalue weighted by molar-refractivity contribution is -0.161. The summed E-state index contributed by atoms with van der Waals surface area (Å²) in [6.45, 7) is 3.93. The summed E-state index contributed by atoms with van der Waals surface area (Å²) in [4.78, 5) is 24.0. The molecule has 0 spiro atoms. The Labute approximate surface area is 358 Å². The zero-order valence-electron chi connectivity index (χ0n) is 37.8. The van der Waals surface area contributed by atoms with E-state index in [0.717, 1.165) is 83.5 Å². The van der Waals surface area contributed by atoms with Crippen LogP contribution in [0.15, 0.2) is 85.1 Å². The van der Waals surface area contributed by atoms with Crippen LogP contribution in [0.1, 0.15) is 219 Å². The van der Waals surface area contributed by atoms with E-state index in [1.165, 1.54) is 109 Å². The van der Waals surface area contributed by atoms with Gasteiger partial charge in [-0.1, -0.05) is 221 Å². The Kier molecular flexibility index (Phi) is 46.0. The molecule has 0 saturated carbocycles. The summed E-state index contributed by atoms with van der Waals surface area (Å²) < 4.78 is 10.5. The van der Waals surface area contributed by atoms with Crippen molar-refractivity contribution in [3.63, 3.8) is 0 Å². The highest BCUT2D eigenvalue weighted by molar-refractivity contribution is 5.70. The van der Waals surface area contributed by atoms with Gasteiger partial charge in [-0.05, 0) is 70.6 Å². The van der Waals surface area contributed by atoms with Gasteiger partial charge < -0.3 is 14.6 Å². The van der Waals surface area contributed by atoms with Crippen LogP contribution < -0.4 is 0 Å². The summed E-state index contributed by atoms with van der Waals surface area (Å²) in [6, 6.07) is 0. The Morgan fingerprint density at radius 2 is 0.741 bits per heavy atom. The molecular formula is C53H90O5. The van der Waals surface area contributed by atoms with Gasteiger partial charge in [0, 0.05) is 12.8 Å². The van der Waals surface area contributed by atoms with Crippen LogP contribution in [-0.4, -0.2) is 36.4 Å². The van der Waals surface area contributed by atoms with Gasteiger partial charge in [-0.15, -0.1) is 0 Å². The van der Waals surface area contributed by atoms with Crippen LogP contribution in [-0.2, 0) is 19.1 Å². The fourth-order valence-corrected chi connectivity index (χ4v) is 6.59. The molecule has 0 aromatic rings. The number of carbonyl (C=O) groups is 2. The fraction of sp³-hybridized carbons (Fsp3) is 0.698. The van der Waals surface area contributed by atoms with E-state index in [-0.39, 0.29) is 25.2 Å². The molecule has 5 nitrogen and oxygen atoms in total. The van der Waals surface area contributed by atoms with Gasteiger partial charge >= 0.3 is 11.9 Å². The molecule has 0 aliphatic heterocycles. The highest BCUT2D eigenvalue weighted by Crippen LogP contribution is 2.15. The van der Waals surface area contributed by atoms with Gasteiger partial charge in [0.2, 0.25) is 0 Å². The third-order valence-corrected chi connectivity index (χ3v) is 10.2. The van der Waals surface area contributed by atoms with Crippen LogP contribution in [0, 0.1) is 0 Å². The van der Waals surface area contributed by atoms with Crippen molar-refractivity contribution in [3.05, 3.63) is 85.1 Å². The molecule has 0 amide bonds. The Balaban J connectivity index is 3.44. The summed E-state index contributed by atoms with van der Waals surface area (Å²) in [6.07, 6.45) is 67.3. The number of carbonyl (C=O) groups excluding carboxylic acids is 2. The molecule has 58 heavy (non-hydrogen) atoms. The average Bonchev–Trinajstić information content (AvgIpc) is 3.23. The second kappa shape index (κ2) is 48.4. The zero-order chi connectivity index (χ0) is 42.1. The molecule has 0 bridgehead atoms. The normalized spacial score (nSPS) is 12.9. The average molecular weight is 807 g/mol. The van der Waals surface area contributed by atoms with E-state index in [2.05, 4.69) is 98.9 Å². The molecule has 1 N–H and O–H groups in total. The molecule has 0 aromatic carbocycles. The van der Waals surface area contributed by atoms with E-state index < -0.39 is 6.10 Å². The van der Waals surface area contributed by atoms with Crippen LogP contribution in [0.3, 0.4) is 0 Å². The maximum absolute atomic E-state index is 12.1. The first-order chi connectivity index (χ1) is 28.6. The summed E-state index contributed by atoms with van der Waals surface area (Å²) in [5.41, 5.74) is 0. The minimum atomic E-state index is -0.767. The van der Waals surface area contributed by atoms with Crippen LogP contribution >= 0.6 is 0 Å². The van der Waals surface area contributed by atoms with Crippen molar-refractivity contribution in [2.75, 3.05) is 13.2 Å². The monoisotopic (exact) mass is 807 g/mol. The van der Waals surface area contributed by atoms with Crippen molar-refractivity contribution in [2.24, 2.45) is 0 Å². The second-order valence-corrected chi connectivity index (χ2v) is 15.8. The van der Waals surface area contributed by atoms with Crippen molar-refractivity contribution >= 4 is 11.9 Å². The molecule has 0 aliphatic carbocycles.